The van der Waals surface area contributed by atoms with Crippen LogP contribution in [0.2, 0.25) is 0 Å². The molecule has 0 fully saturated rings. The molecule has 0 spiro atoms. The molecule has 7 nitrogen and oxygen atoms in total. The summed E-state index contributed by atoms with van der Waals surface area (Å²) in [5.41, 5.74) is 0. The summed E-state index contributed by atoms with van der Waals surface area (Å²) in [6, 6.07) is 0. The van der Waals surface area contributed by atoms with Crippen LogP contribution in [-0.2, 0) is 24.8 Å². The van der Waals surface area contributed by atoms with E-state index in [1.54, 1.807) is 0 Å². The maximum Gasteiger partial charge on any atom is 0.428 e. The summed E-state index contributed by atoms with van der Waals surface area (Å²) >= 11 is 0. The highest BCUT2D eigenvalue weighted by atomic mass is 32.3. The summed E-state index contributed by atoms with van der Waals surface area (Å²) in [4.78, 5) is 0. The van der Waals surface area contributed by atoms with Crippen LogP contribution in [0, 0.1) is 0 Å². The largest absolute Gasteiger partial charge is 0.428 e. The molecule has 0 saturated heterocycles. The van der Waals surface area contributed by atoms with Crippen LogP contribution >= 0.6 is 0 Å². The van der Waals surface area contributed by atoms with Gasteiger partial charge >= 0.3 is 20.6 Å². The van der Waals surface area contributed by atoms with Gasteiger partial charge in [-0.1, -0.05) is 35.9 Å². The number of allylic oxidation sites excluding steroid dienone is 5. The molecular weight excluding hydrogens is 289 g/mol. The molecule has 0 aromatic heterocycles. The zero-order valence-electron chi connectivity index (χ0n) is 8.93. The van der Waals surface area contributed by atoms with E-state index in [2.05, 4.69) is 17.3 Å². The van der Waals surface area contributed by atoms with Crippen LogP contribution in [0.3, 0.4) is 0 Å². The van der Waals surface area contributed by atoms with E-state index in [9.17, 15) is 21.3 Å². The second kappa shape index (κ2) is 6.44. The Balaban J connectivity index is 5.29. The standard InChI is InChI=1S/C8H10FNO6S2/c1-3-5-7-8(6-4-2)16-18(14,15)10(9)17(11,12)13/h3-7H,1-2H2,(H,11,12,13)/b7-5-,8-6+. The van der Waals surface area contributed by atoms with Crippen molar-refractivity contribution in [2.45, 2.75) is 0 Å². The molecule has 0 amide bonds. The molecule has 0 aliphatic heterocycles. The van der Waals surface area contributed by atoms with Crippen LogP contribution in [0.5, 0.6) is 0 Å². The van der Waals surface area contributed by atoms with Crippen LogP contribution in [0.4, 0.5) is 4.48 Å². The Labute approximate surface area is 104 Å². The lowest BCUT2D eigenvalue weighted by Gasteiger charge is -2.09. The van der Waals surface area contributed by atoms with E-state index in [0.717, 1.165) is 18.2 Å². The Hall–Kier alpha value is -1.49. The van der Waals surface area contributed by atoms with Gasteiger partial charge in [0.15, 0.2) is 0 Å². The van der Waals surface area contributed by atoms with Crippen LogP contribution in [-0.4, -0.2) is 25.3 Å². The van der Waals surface area contributed by atoms with Gasteiger partial charge < -0.3 is 4.18 Å². The fraction of sp³-hybridized carbons (Fsp3) is 0. The lowest BCUT2D eigenvalue weighted by Crippen LogP contribution is -2.30. The fourth-order valence-corrected chi connectivity index (χ4v) is 2.08. The van der Waals surface area contributed by atoms with Crippen LogP contribution in [0.25, 0.3) is 0 Å². The van der Waals surface area contributed by atoms with Crippen molar-refractivity contribution in [3.05, 3.63) is 49.3 Å². The van der Waals surface area contributed by atoms with Crippen molar-refractivity contribution in [1.29, 1.82) is 0 Å². The molecular formula is C8H10FNO6S2. The first-order valence-corrected chi connectivity index (χ1v) is 6.91. The van der Waals surface area contributed by atoms with Crippen molar-refractivity contribution >= 4 is 20.6 Å². The molecule has 0 aliphatic rings. The Morgan fingerprint density at radius 2 is 1.78 bits per heavy atom. The molecule has 0 saturated carbocycles. The third-order valence-corrected chi connectivity index (χ3v) is 3.47. The molecule has 18 heavy (non-hydrogen) atoms. The minimum atomic E-state index is -5.59. The predicted octanol–water partition coefficient (Wildman–Crippen LogP) is 1.05. The highest BCUT2D eigenvalue weighted by Gasteiger charge is 2.36. The third kappa shape index (κ3) is 5.23. The van der Waals surface area contributed by atoms with E-state index >= 15 is 0 Å². The molecule has 10 heteroatoms. The number of nitrogens with zero attached hydrogens (tertiary/aromatic N) is 1. The molecule has 1 N–H and O–H groups in total. The summed E-state index contributed by atoms with van der Waals surface area (Å²) in [5, 5.41) is 0. The topological polar surface area (TPSA) is 101 Å². The minimum absolute atomic E-state index is 0.434. The predicted molar refractivity (Wildman–Crippen MR) is 62.1 cm³/mol. The van der Waals surface area contributed by atoms with E-state index in [-0.39, 0.29) is 0 Å². The molecule has 0 radical (unpaired) electrons. The van der Waals surface area contributed by atoms with Crippen molar-refractivity contribution in [2.24, 2.45) is 0 Å². The van der Waals surface area contributed by atoms with Crippen molar-refractivity contribution in [3.8, 4) is 0 Å². The van der Waals surface area contributed by atoms with Gasteiger partial charge in [-0.25, -0.2) is 0 Å². The highest BCUT2D eigenvalue weighted by molar-refractivity contribution is 7.98. The highest BCUT2D eigenvalue weighted by Crippen LogP contribution is 2.14. The zero-order chi connectivity index (χ0) is 14.4. The first-order valence-electron chi connectivity index (χ1n) is 4.15. The Morgan fingerprint density at radius 1 is 1.22 bits per heavy atom. The summed E-state index contributed by atoms with van der Waals surface area (Å²) in [6.45, 7) is 6.54. The van der Waals surface area contributed by atoms with E-state index in [1.807, 2.05) is 0 Å². The summed E-state index contributed by atoms with van der Waals surface area (Å²) in [5.74, 6) is -0.434. The van der Waals surface area contributed by atoms with Gasteiger partial charge in [0, 0.05) is 0 Å². The number of hydrogen-bond acceptors (Lipinski definition) is 5. The molecule has 102 valence electrons. The van der Waals surface area contributed by atoms with E-state index in [4.69, 9.17) is 4.55 Å². The first-order chi connectivity index (χ1) is 8.15. The average Bonchev–Trinajstić information content (AvgIpc) is 2.23. The maximum atomic E-state index is 12.8. The SMILES string of the molecule is C=C/C=C\C(=C/C=C)OS(=O)(=O)N(F)S(=O)(=O)O. The molecule has 0 atom stereocenters. The Kier molecular flexibility index (Phi) is 5.91. The second-order valence-electron chi connectivity index (χ2n) is 2.57. The number of hydrogen-bond donors (Lipinski definition) is 1. The fourth-order valence-electron chi connectivity index (χ4n) is 0.656. The second-order valence-corrected chi connectivity index (χ2v) is 5.36. The van der Waals surface area contributed by atoms with Crippen LogP contribution in [0.15, 0.2) is 49.3 Å². The van der Waals surface area contributed by atoms with E-state index in [1.165, 1.54) is 12.2 Å². The lowest BCUT2D eigenvalue weighted by atomic mass is 10.4. The van der Waals surface area contributed by atoms with Crippen molar-refractivity contribution in [3.63, 3.8) is 0 Å². The third-order valence-electron chi connectivity index (χ3n) is 1.24. The van der Waals surface area contributed by atoms with Gasteiger partial charge in [-0.3, -0.25) is 4.55 Å². The Morgan fingerprint density at radius 3 is 2.17 bits per heavy atom. The molecule has 0 rings (SSSR count). The van der Waals surface area contributed by atoms with Gasteiger partial charge in [0.2, 0.25) is 0 Å². The molecule has 0 aromatic rings. The summed E-state index contributed by atoms with van der Waals surface area (Å²) < 4.78 is 66.1. The van der Waals surface area contributed by atoms with Crippen molar-refractivity contribution < 1.29 is 30.1 Å². The first kappa shape index (κ1) is 16.5. The van der Waals surface area contributed by atoms with Gasteiger partial charge in [-0.2, -0.15) is 16.8 Å². The van der Waals surface area contributed by atoms with Crippen LogP contribution in [0.1, 0.15) is 0 Å². The molecule has 0 aliphatic carbocycles. The summed E-state index contributed by atoms with van der Waals surface area (Å²) in [6.07, 6.45) is 5.72. The van der Waals surface area contributed by atoms with E-state index < -0.39 is 30.3 Å². The molecule has 0 heterocycles. The van der Waals surface area contributed by atoms with Gasteiger partial charge in [0.25, 0.3) is 0 Å². The Bertz CT molecular complexity index is 575. The zero-order valence-corrected chi connectivity index (χ0v) is 10.6. The van der Waals surface area contributed by atoms with Crippen molar-refractivity contribution in [2.75, 3.05) is 0 Å². The van der Waals surface area contributed by atoms with Gasteiger partial charge in [0.05, 0.1) is 0 Å². The van der Waals surface area contributed by atoms with E-state index in [0.29, 0.717) is 0 Å². The number of halogens is 1. The quantitative estimate of drug-likeness (QED) is 0.326. The van der Waals surface area contributed by atoms with Crippen LogP contribution < -0.4 is 0 Å². The lowest BCUT2D eigenvalue weighted by molar-refractivity contribution is 0.200. The number of rotatable bonds is 7. The molecule has 0 bridgehead atoms. The normalized spacial score (nSPS) is 13.8. The molecule has 0 unspecified atom stereocenters. The average molecular weight is 299 g/mol. The van der Waals surface area contributed by atoms with Gasteiger partial charge in [-0.05, 0) is 12.2 Å². The molecule has 0 aromatic carbocycles. The smallest absolute Gasteiger partial charge is 0.368 e. The van der Waals surface area contributed by atoms with Gasteiger partial charge in [0.1, 0.15) is 9.69 Å². The van der Waals surface area contributed by atoms with Gasteiger partial charge in [-0.15, -0.1) is 0 Å². The monoisotopic (exact) mass is 299 g/mol. The summed E-state index contributed by atoms with van der Waals surface area (Å²) in [7, 11) is -10.9. The minimum Gasteiger partial charge on any atom is -0.368 e. The maximum absolute atomic E-state index is 12.8. The van der Waals surface area contributed by atoms with Crippen molar-refractivity contribution in [1.82, 2.24) is 3.93 Å².